The molecule has 0 fully saturated rings. The van der Waals surface area contributed by atoms with Gasteiger partial charge in [-0.15, -0.1) is 0 Å². The van der Waals surface area contributed by atoms with Gasteiger partial charge in [0.05, 0.1) is 10.5 Å². The molecule has 0 spiro atoms. The number of aromatic hydroxyl groups is 1. The van der Waals surface area contributed by atoms with Crippen LogP contribution in [0.3, 0.4) is 0 Å². The van der Waals surface area contributed by atoms with Crippen molar-refractivity contribution in [3.63, 3.8) is 0 Å². The van der Waals surface area contributed by atoms with Crippen molar-refractivity contribution < 1.29 is 19.6 Å². The Morgan fingerprint density at radius 3 is 2.38 bits per heavy atom. The SMILES string of the molecule is CCc1cccc(C(=O)OCc2ccc([N+](=O)[O-])cc2)c1-c1c(O)cccc1Br. The number of carbonyl (C=O) groups is 1. The maximum Gasteiger partial charge on any atom is 0.339 e. The van der Waals surface area contributed by atoms with Gasteiger partial charge in [-0.25, -0.2) is 4.79 Å². The maximum atomic E-state index is 12.9. The molecule has 148 valence electrons. The first-order valence-electron chi connectivity index (χ1n) is 8.92. The number of non-ortho nitro benzene ring substituents is 1. The Hall–Kier alpha value is -3.19. The van der Waals surface area contributed by atoms with Crippen LogP contribution in [0.1, 0.15) is 28.4 Å². The summed E-state index contributed by atoms with van der Waals surface area (Å²) < 4.78 is 6.12. The summed E-state index contributed by atoms with van der Waals surface area (Å²) in [6.07, 6.45) is 0.666. The van der Waals surface area contributed by atoms with Gasteiger partial charge >= 0.3 is 5.97 Å². The van der Waals surface area contributed by atoms with Crippen LogP contribution in [0.2, 0.25) is 0 Å². The molecule has 0 atom stereocenters. The number of carbonyl (C=O) groups excluding carboxylic acids is 1. The highest BCUT2D eigenvalue weighted by molar-refractivity contribution is 9.10. The molecule has 0 aliphatic carbocycles. The van der Waals surface area contributed by atoms with E-state index in [4.69, 9.17) is 4.74 Å². The molecule has 0 aliphatic rings. The number of esters is 1. The van der Waals surface area contributed by atoms with Crippen LogP contribution in [-0.4, -0.2) is 16.0 Å². The molecule has 0 unspecified atom stereocenters. The lowest BCUT2D eigenvalue weighted by Gasteiger charge is -2.16. The molecule has 6 nitrogen and oxygen atoms in total. The Morgan fingerprint density at radius 1 is 1.07 bits per heavy atom. The number of hydrogen-bond acceptors (Lipinski definition) is 5. The number of phenolic OH excluding ortho intramolecular Hbond substituents is 1. The van der Waals surface area contributed by atoms with Crippen molar-refractivity contribution in [3.8, 4) is 16.9 Å². The van der Waals surface area contributed by atoms with Crippen LogP contribution in [0.4, 0.5) is 5.69 Å². The highest BCUT2D eigenvalue weighted by Gasteiger charge is 2.21. The number of halogens is 1. The van der Waals surface area contributed by atoms with Gasteiger partial charge in [0.25, 0.3) is 5.69 Å². The fraction of sp³-hybridized carbons (Fsp3) is 0.136. The Kier molecular flexibility index (Phi) is 6.29. The van der Waals surface area contributed by atoms with Crippen LogP contribution in [0.15, 0.2) is 65.1 Å². The van der Waals surface area contributed by atoms with Gasteiger partial charge in [0, 0.05) is 27.7 Å². The van der Waals surface area contributed by atoms with Crippen LogP contribution >= 0.6 is 15.9 Å². The molecule has 0 heterocycles. The van der Waals surface area contributed by atoms with E-state index >= 15 is 0 Å². The largest absolute Gasteiger partial charge is 0.507 e. The molecular formula is C22H18BrNO5. The summed E-state index contributed by atoms with van der Waals surface area (Å²) >= 11 is 3.46. The van der Waals surface area contributed by atoms with E-state index in [-0.39, 0.29) is 18.0 Å². The standard InChI is InChI=1S/C22H18BrNO5/c1-2-15-5-3-6-17(20(15)21-18(23)7-4-8-19(21)25)22(26)29-13-14-9-11-16(12-10-14)24(27)28/h3-12,25H,2,13H2,1H3. The number of nitro benzene ring substituents is 1. The zero-order valence-corrected chi connectivity index (χ0v) is 17.2. The topological polar surface area (TPSA) is 89.7 Å². The number of rotatable bonds is 6. The maximum absolute atomic E-state index is 12.9. The minimum Gasteiger partial charge on any atom is -0.507 e. The smallest absolute Gasteiger partial charge is 0.339 e. The van der Waals surface area contributed by atoms with Crippen LogP contribution in [0, 0.1) is 10.1 Å². The van der Waals surface area contributed by atoms with E-state index in [0.717, 1.165) is 5.56 Å². The van der Waals surface area contributed by atoms with Crippen molar-refractivity contribution in [2.24, 2.45) is 0 Å². The predicted molar refractivity (Wildman–Crippen MR) is 113 cm³/mol. The lowest BCUT2D eigenvalue weighted by atomic mass is 9.92. The summed E-state index contributed by atoms with van der Waals surface area (Å²) in [7, 11) is 0. The Balaban J connectivity index is 1.92. The summed E-state index contributed by atoms with van der Waals surface area (Å²) in [5.74, 6) is -0.478. The van der Waals surface area contributed by atoms with Crippen molar-refractivity contribution in [2.45, 2.75) is 20.0 Å². The van der Waals surface area contributed by atoms with E-state index in [1.54, 1.807) is 42.5 Å². The van der Waals surface area contributed by atoms with Gasteiger partial charge in [0.15, 0.2) is 0 Å². The number of aryl methyl sites for hydroxylation is 1. The summed E-state index contributed by atoms with van der Waals surface area (Å²) in [5, 5.41) is 21.2. The van der Waals surface area contributed by atoms with Gasteiger partial charge in [-0.1, -0.05) is 41.1 Å². The number of nitro groups is 1. The molecule has 0 aliphatic heterocycles. The summed E-state index contributed by atoms with van der Waals surface area (Å²) in [5.41, 5.74) is 3.01. The third-order valence-corrected chi connectivity index (χ3v) is 5.17. The van der Waals surface area contributed by atoms with Crippen molar-refractivity contribution >= 4 is 27.6 Å². The monoisotopic (exact) mass is 455 g/mol. The van der Waals surface area contributed by atoms with Crippen molar-refractivity contribution in [2.75, 3.05) is 0 Å². The molecule has 3 rings (SSSR count). The molecule has 0 aromatic heterocycles. The normalized spacial score (nSPS) is 10.6. The summed E-state index contributed by atoms with van der Waals surface area (Å²) in [4.78, 5) is 23.1. The zero-order chi connectivity index (χ0) is 21.0. The molecular weight excluding hydrogens is 438 g/mol. The minimum atomic E-state index is -0.538. The van der Waals surface area contributed by atoms with Gasteiger partial charge in [-0.2, -0.15) is 0 Å². The molecule has 0 radical (unpaired) electrons. The molecule has 0 saturated heterocycles. The lowest BCUT2D eigenvalue weighted by molar-refractivity contribution is -0.384. The summed E-state index contributed by atoms with van der Waals surface area (Å²) in [6.45, 7) is 1.95. The van der Waals surface area contributed by atoms with Gasteiger partial charge in [0.2, 0.25) is 0 Å². The Labute approximate surface area is 176 Å². The first kappa shape index (κ1) is 20.5. The zero-order valence-electron chi connectivity index (χ0n) is 15.6. The van der Waals surface area contributed by atoms with Crippen molar-refractivity contribution in [1.82, 2.24) is 0 Å². The quantitative estimate of drug-likeness (QED) is 0.294. The van der Waals surface area contributed by atoms with E-state index in [9.17, 15) is 20.0 Å². The lowest BCUT2D eigenvalue weighted by Crippen LogP contribution is -2.09. The molecule has 3 aromatic carbocycles. The van der Waals surface area contributed by atoms with E-state index in [2.05, 4.69) is 15.9 Å². The van der Waals surface area contributed by atoms with Crippen LogP contribution in [-0.2, 0) is 17.8 Å². The number of ether oxygens (including phenoxy) is 1. The number of benzene rings is 3. The van der Waals surface area contributed by atoms with Crippen molar-refractivity contribution in [1.29, 1.82) is 0 Å². The number of nitrogens with zero attached hydrogens (tertiary/aromatic N) is 1. The van der Waals surface area contributed by atoms with Crippen LogP contribution < -0.4 is 0 Å². The molecule has 1 N–H and O–H groups in total. The Bertz CT molecular complexity index is 1040. The summed E-state index contributed by atoms with van der Waals surface area (Å²) in [6, 6.07) is 16.3. The third-order valence-electron chi connectivity index (χ3n) is 4.51. The highest BCUT2D eigenvalue weighted by atomic mass is 79.9. The van der Waals surface area contributed by atoms with E-state index in [0.29, 0.717) is 33.1 Å². The first-order valence-corrected chi connectivity index (χ1v) is 9.71. The predicted octanol–water partition coefficient (Wildman–Crippen LogP) is 5.65. The fourth-order valence-electron chi connectivity index (χ4n) is 3.06. The fourth-order valence-corrected chi connectivity index (χ4v) is 3.61. The molecule has 0 bridgehead atoms. The first-order chi connectivity index (χ1) is 13.9. The van der Waals surface area contributed by atoms with E-state index in [1.807, 2.05) is 13.0 Å². The van der Waals surface area contributed by atoms with Crippen LogP contribution in [0.5, 0.6) is 5.75 Å². The average Bonchev–Trinajstić information content (AvgIpc) is 2.72. The molecule has 0 saturated carbocycles. The van der Waals surface area contributed by atoms with E-state index < -0.39 is 10.9 Å². The average molecular weight is 456 g/mol. The highest BCUT2D eigenvalue weighted by Crippen LogP contribution is 2.40. The third kappa shape index (κ3) is 4.46. The second-order valence-electron chi connectivity index (χ2n) is 6.33. The van der Waals surface area contributed by atoms with Gasteiger partial charge in [0.1, 0.15) is 12.4 Å². The Morgan fingerprint density at radius 2 is 1.76 bits per heavy atom. The molecule has 0 amide bonds. The van der Waals surface area contributed by atoms with E-state index in [1.165, 1.54) is 12.1 Å². The second kappa shape index (κ2) is 8.87. The molecule has 3 aromatic rings. The minimum absolute atomic E-state index is 0.0193. The van der Waals surface area contributed by atoms with Gasteiger partial charge in [-0.05, 0) is 47.9 Å². The molecule has 7 heteroatoms. The van der Waals surface area contributed by atoms with Crippen LogP contribution in [0.25, 0.3) is 11.1 Å². The van der Waals surface area contributed by atoms with Crippen molar-refractivity contribution in [3.05, 3.63) is 91.9 Å². The van der Waals surface area contributed by atoms with Gasteiger partial charge < -0.3 is 9.84 Å². The van der Waals surface area contributed by atoms with Gasteiger partial charge in [-0.3, -0.25) is 10.1 Å². The second-order valence-corrected chi connectivity index (χ2v) is 7.18. The number of phenols is 1. The number of hydrogen-bond donors (Lipinski definition) is 1. The molecule has 29 heavy (non-hydrogen) atoms.